The number of carbonyl (C=O) groups is 2. The zero-order valence-electron chi connectivity index (χ0n) is 11.8. The number of sulfonamides is 1. The lowest BCUT2D eigenvalue weighted by Gasteiger charge is -2.26. The van der Waals surface area contributed by atoms with Crippen molar-refractivity contribution in [2.24, 2.45) is 0 Å². The summed E-state index contributed by atoms with van der Waals surface area (Å²) < 4.78 is 34.8. The van der Waals surface area contributed by atoms with Gasteiger partial charge in [0.05, 0.1) is 13.7 Å². The van der Waals surface area contributed by atoms with E-state index in [4.69, 9.17) is 0 Å². The quantitative estimate of drug-likeness (QED) is 0.628. The average molecular weight is 307 g/mol. The van der Waals surface area contributed by atoms with Gasteiger partial charge < -0.3 is 9.47 Å². The van der Waals surface area contributed by atoms with Crippen LogP contribution in [0.1, 0.15) is 32.6 Å². The molecule has 1 rings (SSSR count). The van der Waals surface area contributed by atoms with Gasteiger partial charge in [-0.05, 0) is 19.8 Å². The van der Waals surface area contributed by atoms with Gasteiger partial charge in [-0.3, -0.25) is 9.59 Å². The Morgan fingerprint density at radius 3 is 2.30 bits per heavy atom. The largest absolute Gasteiger partial charge is 0.468 e. The molecule has 1 aliphatic carbocycles. The van der Waals surface area contributed by atoms with E-state index in [1.54, 1.807) is 6.92 Å². The molecule has 0 aromatic rings. The molecule has 0 bridgehead atoms. The molecule has 0 atom stereocenters. The first-order chi connectivity index (χ1) is 9.40. The second-order valence-electron chi connectivity index (χ2n) is 4.62. The van der Waals surface area contributed by atoms with Gasteiger partial charge in [-0.2, -0.15) is 4.31 Å². The van der Waals surface area contributed by atoms with Crippen molar-refractivity contribution in [3.63, 3.8) is 0 Å². The van der Waals surface area contributed by atoms with Crippen LogP contribution in [0.5, 0.6) is 0 Å². The van der Waals surface area contributed by atoms with Crippen LogP contribution in [0.2, 0.25) is 0 Å². The lowest BCUT2D eigenvalue weighted by molar-refractivity contribution is -0.142. The van der Waals surface area contributed by atoms with Gasteiger partial charge in [0, 0.05) is 6.04 Å². The Hall–Kier alpha value is -1.15. The summed E-state index contributed by atoms with van der Waals surface area (Å²) in [4.78, 5) is 22.8. The fourth-order valence-corrected chi connectivity index (χ4v) is 3.79. The molecule has 0 heterocycles. The molecule has 0 aliphatic heterocycles. The van der Waals surface area contributed by atoms with E-state index < -0.39 is 27.7 Å². The maximum atomic E-state index is 12.3. The molecule has 8 heteroatoms. The SMILES string of the molecule is CCOC(=O)CS(=O)(=O)N(CC(=O)OC)C1CCCC1. The molecule has 1 fully saturated rings. The second kappa shape index (κ2) is 7.58. The highest BCUT2D eigenvalue weighted by molar-refractivity contribution is 7.89. The molecule has 0 amide bonds. The van der Waals surface area contributed by atoms with Gasteiger partial charge in [-0.1, -0.05) is 12.8 Å². The Morgan fingerprint density at radius 1 is 1.20 bits per heavy atom. The number of hydrogen-bond donors (Lipinski definition) is 0. The monoisotopic (exact) mass is 307 g/mol. The Kier molecular flexibility index (Phi) is 6.41. The lowest BCUT2D eigenvalue weighted by Crippen LogP contribution is -2.45. The number of ether oxygens (including phenoxy) is 2. The number of esters is 2. The Bertz CT molecular complexity index is 441. The summed E-state index contributed by atoms with van der Waals surface area (Å²) in [5.74, 6) is -2.18. The fourth-order valence-electron chi connectivity index (χ4n) is 2.27. The molecule has 0 radical (unpaired) electrons. The van der Waals surface area contributed by atoms with Gasteiger partial charge in [-0.15, -0.1) is 0 Å². The standard InChI is InChI=1S/C12H21NO6S/c1-3-19-12(15)9-20(16,17)13(8-11(14)18-2)10-6-4-5-7-10/h10H,3-9H2,1-2H3. The van der Waals surface area contributed by atoms with Crippen molar-refractivity contribution in [2.45, 2.75) is 38.6 Å². The molecular formula is C12H21NO6S. The number of hydrogen-bond acceptors (Lipinski definition) is 6. The molecule has 0 N–H and O–H groups in total. The van der Waals surface area contributed by atoms with Crippen LogP contribution in [0.15, 0.2) is 0 Å². The Morgan fingerprint density at radius 2 is 1.80 bits per heavy atom. The third-order valence-corrected chi connectivity index (χ3v) is 4.95. The molecule has 0 saturated heterocycles. The van der Waals surface area contributed by atoms with Crippen LogP contribution in [0.25, 0.3) is 0 Å². The first kappa shape index (κ1) is 16.9. The molecule has 0 aromatic heterocycles. The van der Waals surface area contributed by atoms with Crippen molar-refractivity contribution in [1.82, 2.24) is 4.31 Å². The van der Waals surface area contributed by atoms with Crippen LogP contribution in [0.4, 0.5) is 0 Å². The molecular weight excluding hydrogens is 286 g/mol. The average Bonchev–Trinajstić information content (AvgIpc) is 2.88. The van der Waals surface area contributed by atoms with Crippen molar-refractivity contribution < 1.29 is 27.5 Å². The van der Waals surface area contributed by atoms with Crippen LogP contribution in [-0.4, -0.2) is 56.7 Å². The summed E-state index contributed by atoms with van der Waals surface area (Å²) in [7, 11) is -2.67. The van der Waals surface area contributed by atoms with E-state index in [9.17, 15) is 18.0 Å². The zero-order chi connectivity index (χ0) is 15.2. The second-order valence-corrected chi connectivity index (χ2v) is 6.54. The summed E-state index contributed by atoms with van der Waals surface area (Å²) in [6.45, 7) is 1.37. The van der Waals surface area contributed by atoms with E-state index in [2.05, 4.69) is 9.47 Å². The van der Waals surface area contributed by atoms with Gasteiger partial charge in [0.25, 0.3) is 0 Å². The van der Waals surface area contributed by atoms with Crippen molar-refractivity contribution in [1.29, 1.82) is 0 Å². The summed E-state index contributed by atoms with van der Waals surface area (Å²) >= 11 is 0. The maximum absolute atomic E-state index is 12.3. The van der Waals surface area contributed by atoms with Crippen LogP contribution in [-0.2, 0) is 29.1 Å². The number of nitrogens with zero attached hydrogens (tertiary/aromatic N) is 1. The molecule has 1 aliphatic rings. The molecule has 116 valence electrons. The van der Waals surface area contributed by atoms with Crippen LogP contribution in [0, 0.1) is 0 Å². The third kappa shape index (κ3) is 4.75. The number of carbonyl (C=O) groups excluding carboxylic acids is 2. The first-order valence-electron chi connectivity index (χ1n) is 6.62. The smallest absolute Gasteiger partial charge is 0.322 e. The van der Waals surface area contributed by atoms with Gasteiger partial charge in [0.1, 0.15) is 6.54 Å². The van der Waals surface area contributed by atoms with Crippen molar-refractivity contribution in [3.8, 4) is 0 Å². The highest BCUT2D eigenvalue weighted by Gasteiger charge is 2.35. The fraction of sp³-hybridized carbons (Fsp3) is 0.833. The molecule has 1 saturated carbocycles. The minimum absolute atomic E-state index is 0.120. The van der Waals surface area contributed by atoms with Crippen LogP contribution >= 0.6 is 0 Å². The topological polar surface area (TPSA) is 90.0 Å². The van der Waals surface area contributed by atoms with Crippen molar-refractivity contribution in [3.05, 3.63) is 0 Å². The molecule has 0 unspecified atom stereocenters. The summed E-state index contributed by atoms with van der Waals surface area (Å²) in [6, 6.07) is -0.242. The highest BCUT2D eigenvalue weighted by Crippen LogP contribution is 2.25. The van der Waals surface area contributed by atoms with E-state index in [-0.39, 0.29) is 19.2 Å². The van der Waals surface area contributed by atoms with Crippen molar-refractivity contribution >= 4 is 22.0 Å². The van der Waals surface area contributed by atoms with E-state index in [0.717, 1.165) is 17.1 Å². The number of methoxy groups -OCH3 is 1. The molecule has 7 nitrogen and oxygen atoms in total. The van der Waals surface area contributed by atoms with E-state index >= 15 is 0 Å². The minimum Gasteiger partial charge on any atom is -0.468 e. The maximum Gasteiger partial charge on any atom is 0.322 e. The van der Waals surface area contributed by atoms with E-state index in [0.29, 0.717) is 12.8 Å². The van der Waals surface area contributed by atoms with Crippen LogP contribution < -0.4 is 0 Å². The molecule has 0 spiro atoms. The zero-order valence-corrected chi connectivity index (χ0v) is 12.6. The van der Waals surface area contributed by atoms with Gasteiger partial charge in [-0.25, -0.2) is 8.42 Å². The Labute approximate surface area is 119 Å². The van der Waals surface area contributed by atoms with Gasteiger partial charge in [0.15, 0.2) is 5.75 Å². The molecule has 0 aromatic carbocycles. The highest BCUT2D eigenvalue weighted by atomic mass is 32.2. The summed E-state index contributed by atoms with van der Waals surface area (Å²) in [6.07, 6.45) is 3.21. The van der Waals surface area contributed by atoms with Gasteiger partial charge >= 0.3 is 11.9 Å². The minimum atomic E-state index is -3.87. The predicted molar refractivity (Wildman–Crippen MR) is 71.4 cm³/mol. The normalized spacial score (nSPS) is 16.4. The predicted octanol–water partition coefficient (Wildman–Crippen LogP) is 0.297. The molecule has 20 heavy (non-hydrogen) atoms. The van der Waals surface area contributed by atoms with E-state index in [1.807, 2.05) is 0 Å². The summed E-state index contributed by atoms with van der Waals surface area (Å²) in [5.41, 5.74) is 0. The van der Waals surface area contributed by atoms with Gasteiger partial charge in [0.2, 0.25) is 10.0 Å². The summed E-state index contributed by atoms with van der Waals surface area (Å²) in [5, 5.41) is 0. The Balaban J connectivity index is 2.84. The third-order valence-electron chi connectivity index (χ3n) is 3.21. The first-order valence-corrected chi connectivity index (χ1v) is 8.23. The lowest BCUT2D eigenvalue weighted by atomic mass is 10.2. The van der Waals surface area contributed by atoms with Crippen molar-refractivity contribution in [2.75, 3.05) is 26.0 Å². The van der Waals surface area contributed by atoms with E-state index in [1.165, 1.54) is 7.11 Å². The number of rotatable bonds is 7. The van der Waals surface area contributed by atoms with Crippen LogP contribution in [0.3, 0.4) is 0 Å².